The highest BCUT2D eigenvalue weighted by molar-refractivity contribution is 5.35. The first-order valence-corrected chi connectivity index (χ1v) is 6.79. The Kier molecular flexibility index (Phi) is 3.17. The number of nitrogens with one attached hydrogen (secondary N) is 1. The van der Waals surface area contributed by atoms with Crippen LogP contribution in [0, 0.1) is 6.92 Å². The maximum atomic E-state index is 6.11. The fraction of sp³-hybridized carbons (Fsp3) is 0.600. The molecule has 1 fully saturated rings. The lowest BCUT2D eigenvalue weighted by atomic mass is 9.93. The number of aryl methyl sites for hydroxylation is 2. The summed E-state index contributed by atoms with van der Waals surface area (Å²) in [5.41, 5.74) is 4.27. The molecule has 2 atom stereocenters. The Balaban J connectivity index is 1.96. The number of hydrogen-bond donors (Lipinski definition) is 1. The number of hydrogen-bond acceptors (Lipinski definition) is 2. The molecule has 92 valence electrons. The van der Waals surface area contributed by atoms with E-state index in [0.717, 1.165) is 19.6 Å². The summed E-state index contributed by atoms with van der Waals surface area (Å²) in [6, 6.07) is 7.37. The molecule has 2 aliphatic rings. The van der Waals surface area contributed by atoms with Crippen LogP contribution in [0.15, 0.2) is 18.2 Å². The van der Waals surface area contributed by atoms with E-state index >= 15 is 0 Å². The Morgan fingerprint density at radius 3 is 3.06 bits per heavy atom. The second kappa shape index (κ2) is 4.79. The first-order chi connectivity index (χ1) is 8.34. The lowest BCUT2D eigenvalue weighted by molar-refractivity contribution is 0.0333. The highest BCUT2D eigenvalue weighted by Crippen LogP contribution is 2.32. The summed E-state index contributed by atoms with van der Waals surface area (Å²) in [7, 11) is 0. The van der Waals surface area contributed by atoms with E-state index < -0.39 is 0 Å². The van der Waals surface area contributed by atoms with Crippen LogP contribution in [-0.4, -0.2) is 19.2 Å². The third-order valence-electron chi connectivity index (χ3n) is 3.96. The zero-order valence-electron chi connectivity index (χ0n) is 10.5. The van der Waals surface area contributed by atoms with Gasteiger partial charge in [0.1, 0.15) is 0 Å². The Hall–Kier alpha value is -0.860. The van der Waals surface area contributed by atoms with Crippen molar-refractivity contribution in [2.24, 2.45) is 0 Å². The molecule has 2 aliphatic heterocycles. The van der Waals surface area contributed by atoms with Crippen LogP contribution in [-0.2, 0) is 11.2 Å². The molecule has 0 unspecified atom stereocenters. The lowest BCUT2D eigenvalue weighted by Crippen LogP contribution is -2.30. The van der Waals surface area contributed by atoms with Crippen LogP contribution in [0.3, 0.4) is 0 Å². The van der Waals surface area contributed by atoms with Crippen molar-refractivity contribution in [3.05, 3.63) is 34.9 Å². The molecule has 2 nitrogen and oxygen atoms in total. The maximum absolute atomic E-state index is 6.11. The van der Waals surface area contributed by atoms with E-state index in [1.54, 1.807) is 0 Å². The van der Waals surface area contributed by atoms with Gasteiger partial charge in [-0.15, -0.1) is 0 Å². The largest absolute Gasteiger partial charge is 0.372 e. The van der Waals surface area contributed by atoms with Crippen molar-refractivity contribution in [3.8, 4) is 0 Å². The van der Waals surface area contributed by atoms with Crippen molar-refractivity contribution in [1.29, 1.82) is 0 Å². The molecule has 1 aromatic rings. The van der Waals surface area contributed by atoms with Gasteiger partial charge in [-0.1, -0.05) is 23.8 Å². The van der Waals surface area contributed by atoms with Gasteiger partial charge in [-0.2, -0.15) is 0 Å². The number of benzene rings is 1. The van der Waals surface area contributed by atoms with Gasteiger partial charge >= 0.3 is 0 Å². The quantitative estimate of drug-likeness (QED) is 0.802. The van der Waals surface area contributed by atoms with Gasteiger partial charge in [0.15, 0.2) is 0 Å². The molecule has 2 heteroatoms. The van der Waals surface area contributed by atoms with E-state index in [0.29, 0.717) is 6.04 Å². The molecule has 1 aromatic carbocycles. The molecule has 1 saturated heterocycles. The Morgan fingerprint density at radius 2 is 2.24 bits per heavy atom. The monoisotopic (exact) mass is 231 g/mol. The van der Waals surface area contributed by atoms with Crippen LogP contribution in [0.2, 0.25) is 0 Å². The van der Waals surface area contributed by atoms with Gasteiger partial charge in [0.05, 0.1) is 6.10 Å². The summed E-state index contributed by atoms with van der Waals surface area (Å²) in [5.74, 6) is 0. The first-order valence-electron chi connectivity index (χ1n) is 6.79. The van der Waals surface area contributed by atoms with E-state index in [1.807, 2.05) is 0 Å². The van der Waals surface area contributed by atoms with Crippen LogP contribution in [0.25, 0.3) is 0 Å². The molecule has 0 radical (unpaired) electrons. The van der Waals surface area contributed by atoms with Crippen LogP contribution >= 0.6 is 0 Å². The van der Waals surface area contributed by atoms with E-state index in [-0.39, 0.29) is 6.10 Å². The summed E-state index contributed by atoms with van der Waals surface area (Å²) < 4.78 is 6.11. The van der Waals surface area contributed by atoms with Gasteiger partial charge in [-0.25, -0.2) is 0 Å². The Bertz CT molecular complexity index is 396. The molecule has 0 aliphatic carbocycles. The average Bonchev–Trinajstić information content (AvgIpc) is 2.77. The smallest absolute Gasteiger partial charge is 0.0980 e. The zero-order valence-corrected chi connectivity index (χ0v) is 10.5. The minimum atomic E-state index is 0.273. The van der Waals surface area contributed by atoms with Gasteiger partial charge in [0, 0.05) is 12.6 Å². The number of ether oxygens (including phenoxy) is 1. The Morgan fingerprint density at radius 1 is 1.29 bits per heavy atom. The first kappa shape index (κ1) is 11.2. The summed E-state index contributed by atoms with van der Waals surface area (Å²) in [5, 5.41) is 3.59. The second-order valence-corrected chi connectivity index (χ2v) is 5.30. The normalized spacial score (nSPS) is 28.8. The molecule has 0 saturated carbocycles. The number of fused-ring (bicyclic) bond motifs is 1. The highest BCUT2D eigenvalue weighted by Gasteiger charge is 2.29. The number of rotatable bonds is 1. The van der Waals surface area contributed by atoms with Gasteiger partial charge in [0.25, 0.3) is 0 Å². The predicted molar refractivity (Wildman–Crippen MR) is 69.2 cm³/mol. The van der Waals surface area contributed by atoms with Gasteiger partial charge in [-0.3, -0.25) is 0 Å². The predicted octanol–water partition coefficient (Wildman–Crippen LogP) is 2.75. The molecule has 0 aromatic heterocycles. The lowest BCUT2D eigenvalue weighted by Gasteiger charge is -2.24. The van der Waals surface area contributed by atoms with Crippen molar-refractivity contribution < 1.29 is 4.74 Å². The molecule has 0 spiro atoms. The molecule has 2 heterocycles. The maximum Gasteiger partial charge on any atom is 0.0980 e. The Labute approximate surface area is 103 Å². The summed E-state index contributed by atoms with van der Waals surface area (Å²) in [6.07, 6.45) is 5.12. The van der Waals surface area contributed by atoms with E-state index in [2.05, 4.69) is 30.4 Å². The molecule has 0 amide bonds. The summed E-state index contributed by atoms with van der Waals surface area (Å²) in [6.45, 7) is 4.21. The standard InChI is InChI=1S/C15H21NO/c1-11-6-7-12-4-3-9-17-15(13(12)10-11)14-5-2-8-16-14/h6-7,10,14-16H,2-5,8-9H2,1H3/t14-,15-/m0/s1. The molecular formula is C15H21NO. The zero-order chi connectivity index (χ0) is 11.7. The van der Waals surface area contributed by atoms with Crippen molar-refractivity contribution in [2.75, 3.05) is 13.2 Å². The SMILES string of the molecule is Cc1ccc2c(c1)[C@@H]([C@@H]1CCCN1)OCCC2. The minimum Gasteiger partial charge on any atom is -0.372 e. The second-order valence-electron chi connectivity index (χ2n) is 5.30. The van der Waals surface area contributed by atoms with E-state index in [9.17, 15) is 0 Å². The van der Waals surface area contributed by atoms with Crippen molar-refractivity contribution in [2.45, 2.75) is 44.8 Å². The molecular weight excluding hydrogens is 210 g/mol. The molecule has 1 N–H and O–H groups in total. The van der Waals surface area contributed by atoms with Crippen LogP contribution in [0.5, 0.6) is 0 Å². The fourth-order valence-corrected chi connectivity index (χ4v) is 3.07. The van der Waals surface area contributed by atoms with Crippen molar-refractivity contribution in [1.82, 2.24) is 5.32 Å². The summed E-state index contributed by atoms with van der Waals surface area (Å²) >= 11 is 0. The van der Waals surface area contributed by atoms with E-state index in [1.165, 1.54) is 36.0 Å². The highest BCUT2D eigenvalue weighted by atomic mass is 16.5. The minimum absolute atomic E-state index is 0.273. The van der Waals surface area contributed by atoms with Gasteiger partial charge < -0.3 is 10.1 Å². The van der Waals surface area contributed by atoms with Crippen molar-refractivity contribution in [3.63, 3.8) is 0 Å². The average molecular weight is 231 g/mol. The van der Waals surface area contributed by atoms with E-state index in [4.69, 9.17) is 4.74 Å². The molecule has 3 rings (SSSR count). The third-order valence-corrected chi connectivity index (χ3v) is 3.96. The van der Waals surface area contributed by atoms with Crippen LogP contribution < -0.4 is 5.32 Å². The summed E-state index contributed by atoms with van der Waals surface area (Å²) in [4.78, 5) is 0. The fourth-order valence-electron chi connectivity index (χ4n) is 3.07. The van der Waals surface area contributed by atoms with Crippen LogP contribution in [0.1, 0.15) is 42.1 Å². The van der Waals surface area contributed by atoms with Crippen LogP contribution in [0.4, 0.5) is 0 Å². The molecule has 0 bridgehead atoms. The third kappa shape index (κ3) is 2.24. The van der Waals surface area contributed by atoms with Crippen molar-refractivity contribution >= 4 is 0 Å². The molecule has 17 heavy (non-hydrogen) atoms. The van der Waals surface area contributed by atoms with Gasteiger partial charge in [-0.05, 0) is 50.3 Å². The van der Waals surface area contributed by atoms with Gasteiger partial charge in [0.2, 0.25) is 0 Å². The topological polar surface area (TPSA) is 21.3 Å².